The minimum atomic E-state index is -0.219. The molecule has 1 aliphatic heterocycles. The zero-order valence-corrected chi connectivity index (χ0v) is 13.8. The molecule has 2 heterocycles. The van der Waals surface area contributed by atoms with E-state index in [1.807, 2.05) is 6.92 Å². The van der Waals surface area contributed by atoms with Gasteiger partial charge in [0.15, 0.2) is 0 Å². The van der Waals surface area contributed by atoms with Crippen molar-refractivity contribution in [3.05, 3.63) is 22.5 Å². The van der Waals surface area contributed by atoms with E-state index in [1.54, 1.807) is 6.07 Å². The van der Waals surface area contributed by atoms with Gasteiger partial charge in [0.05, 0.1) is 12.6 Å². The molecule has 0 aromatic carbocycles. The van der Waals surface area contributed by atoms with Crippen LogP contribution in [0.3, 0.4) is 0 Å². The van der Waals surface area contributed by atoms with Crippen molar-refractivity contribution in [3.63, 3.8) is 0 Å². The highest BCUT2D eigenvalue weighted by molar-refractivity contribution is 5.79. The molecule has 1 fully saturated rings. The van der Waals surface area contributed by atoms with Crippen LogP contribution >= 0.6 is 0 Å². The molecule has 1 aromatic heterocycles. The first-order chi connectivity index (χ1) is 11.0. The number of aliphatic hydroxyl groups excluding tert-OH is 1. The number of amides is 1. The second-order valence-corrected chi connectivity index (χ2v) is 6.22. The molecule has 2 atom stereocenters. The van der Waals surface area contributed by atoms with Crippen LogP contribution in [0, 0.1) is 11.8 Å². The Morgan fingerprint density at radius 2 is 2.17 bits per heavy atom. The Morgan fingerprint density at radius 1 is 1.48 bits per heavy atom. The van der Waals surface area contributed by atoms with Gasteiger partial charge in [0.25, 0.3) is 5.56 Å². The molecular weight excluding hydrogens is 296 g/mol. The molecule has 128 valence electrons. The van der Waals surface area contributed by atoms with Gasteiger partial charge in [0, 0.05) is 25.1 Å². The van der Waals surface area contributed by atoms with Crippen LogP contribution in [-0.2, 0) is 4.79 Å². The quantitative estimate of drug-likeness (QED) is 0.709. The van der Waals surface area contributed by atoms with Crippen molar-refractivity contribution in [1.29, 1.82) is 0 Å². The molecule has 7 nitrogen and oxygen atoms in total. The molecule has 0 radical (unpaired) electrons. The van der Waals surface area contributed by atoms with E-state index in [9.17, 15) is 14.7 Å². The van der Waals surface area contributed by atoms with Crippen molar-refractivity contribution in [2.75, 3.05) is 24.6 Å². The third-order valence-electron chi connectivity index (χ3n) is 4.71. The van der Waals surface area contributed by atoms with Crippen LogP contribution in [-0.4, -0.2) is 46.9 Å². The Balaban J connectivity index is 1.87. The fraction of sp³-hybridized carbons (Fsp3) is 0.688. The summed E-state index contributed by atoms with van der Waals surface area (Å²) in [6, 6.07) is 2.98. The summed E-state index contributed by atoms with van der Waals surface area (Å²) in [6.45, 7) is 5.51. The van der Waals surface area contributed by atoms with E-state index in [1.165, 1.54) is 6.07 Å². The molecule has 1 saturated heterocycles. The van der Waals surface area contributed by atoms with E-state index in [-0.39, 0.29) is 36.0 Å². The van der Waals surface area contributed by atoms with Crippen molar-refractivity contribution < 1.29 is 9.90 Å². The Bertz CT molecular complexity index is 546. The third kappa shape index (κ3) is 4.54. The minimum absolute atomic E-state index is 0.0263. The van der Waals surface area contributed by atoms with Crippen LogP contribution in [0.1, 0.15) is 33.1 Å². The average molecular weight is 322 g/mol. The zero-order valence-electron chi connectivity index (χ0n) is 13.8. The maximum absolute atomic E-state index is 12.4. The highest BCUT2D eigenvalue weighted by Crippen LogP contribution is 2.21. The normalized spacial score (nSPS) is 18.5. The van der Waals surface area contributed by atoms with Crippen LogP contribution in [0.5, 0.6) is 0 Å². The molecule has 0 spiro atoms. The van der Waals surface area contributed by atoms with Crippen molar-refractivity contribution in [3.8, 4) is 0 Å². The monoisotopic (exact) mass is 322 g/mol. The number of hydrogen-bond donors (Lipinski definition) is 3. The summed E-state index contributed by atoms with van der Waals surface area (Å²) in [5.74, 6) is 0.983. The van der Waals surface area contributed by atoms with Gasteiger partial charge in [-0.25, -0.2) is 5.10 Å². The summed E-state index contributed by atoms with van der Waals surface area (Å²) < 4.78 is 0. The lowest BCUT2D eigenvalue weighted by atomic mass is 9.94. The number of nitrogens with one attached hydrogen (secondary N) is 2. The van der Waals surface area contributed by atoms with Gasteiger partial charge in [0.2, 0.25) is 5.91 Å². The number of rotatable bonds is 6. The number of H-pyrrole nitrogens is 1. The van der Waals surface area contributed by atoms with E-state index < -0.39 is 0 Å². The van der Waals surface area contributed by atoms with Gasteiger partial charge in [0.1, 0.15) is 5.82 Å². The second kappa shape index (κ2) is 8.10. The first kappa shape index (κ1) is 17.5. The van der Waals surface area contributed by atoms with Crippen LogP contribution in [0.2, 0.25) is 0 Å². The van der Waals surface area contributed by atoms with Crippen molar-refractivity contribution >= 4 is 11.7 Å². The van der Waals surface area contributed by atoms with E-state index in [0.29, 0.717) is 0 Å². The second-order valence-electron chi connectivity index (χ2n) is 6.22. The zero-order chi connectivity index (χ0) is 16.8. The molecule has 1 amide bonds. The van der Waals surface area contributed by atoms with Gasteiger partial charge in [-0.15, -0.1) is 0 Å². The summed E-state index contributed by atoms with van der Waals surface area (Å²) in [6.07, 6.45) is 2.40. The molecule has 23 heavy (non-hydrogen) atoms. The number of aromatic nitrogens is 2. The fourth-order valence-electron chi connectivity index (χ4n) is 2.84. The number of carbonyl (C=O) groups is 1. The lowest BCUT2D eigenvalue weighted by Crippen LogP contribution is -2.47. The van der Waals surface area contributed by atoms with Crippen molar-refractivity contribution in [2.24, 2.45) is 11.8 Å². The van der Waals surface area contributed by atoms with E-state index in [0.717, 1.165) is 38.2 Å². The van der Waals surface area contributed by atoms with Gasteiger partial charge < -0.3 is 15.3 Å². The predicted molar refractivity (Wildman–Crippen MR) is 88.3 cm³/mol. The molecule has 1 aromatic rings. The third-order valence-corrected chi connectivity index (χ3v) is 4.71. The highest BCUT2D eigenvalue weighted by atomic mass is 16.3. The molecule has 0 saturated carbocycles. The largest absolute Gasteiger partial charge is 0.394 e. The van der Waals surface area contributed by atoms with E-state index in [2.05, 4.69) is 27.3 Å². The van der Waals surface area contributed by atoms with Crippen LogP contribution in [0.25, 0.3) is 0 Å². The number of carbonyl (C=O) groups excluding carboxylic acids is 1. The number of hydrogen-bond acceptors (Lipinski definition) is 5. The molecule has 0 bridgehead atoms. The number of anilines is 1. The lowest BCUT2D eigenvalue weighted by molar-refractivity contribution is -0.127. The minimum Gasteiger partial charge on any atom is -0.394 e. The SMILES string of the molecule is CC[C@H](C)[C@@H](CO)NC(=O)C1CCN(c2ccc(=O)[nH]n2)CC1. The van der Waals surface area contributed by atoms with E-state index in [4.69, 9.17) is 0 Å². The molecule has 0 aliphatic carbocycles. The lowest BCUT2D eigenvalue weighted by Gasteiger charge is -2.33. The smallest absolute Gasteiger partial charge is 0.264 e. The first-order valence-electron chi connectivity index (χ1n) is 8.27. The van der Waals surface area contributed by atoms with Crippen molar-refractivity contribution in [2.45, 2.75) is 39.2 Å². The summed E-state index contributed by atoms with van der Waals surface area (Å²) in [7, 11) is 0. The molecule has 0 unspecified atom stereocenters. The summed E-state index contributed by atoms with van der Waals surface area (Å²) >= 11 is 0. The summed E-state index contributed by atoms with van der Waals surface area (Å²) in [4.78, 5) is 25.5. The predicted octanol–water partition coefficient (Wildman–Crippen LogP) is 0.509. The van der Waals surface area contributed by atoms with Crippen molar-refractivity contribution in [1.82, 2.24) is 15.5 Å². The van der Waals surface area contributed by atoms with Crippen LogP contribution in [0.15, 0.2) is 16.9 Å². The highest BCUT2D eigenvalue weighted by Gasteiger charge is 2.28. The molecule has 1 aliphatic rings. The maximum Gasteiger partial charge on any atom is 0.264 e. The van der Waals surface area contributed by atoms with Crippen LogP contribution in [0.4, 0.5) is 5.82 Å². The Morgan fingerprint density at radius 3 is 2.70 bits per heavy atom. The van der Waals surface area contributed by atoms with Gasteiger partial charge in [-0.1, -0.05) is 20.3 Å². The van der Waals surface area contributed by atoms with Crippen LogP contribution < -0.4 is 15.8 Å². The average Bonchev–Trinajstić information content (AvgIpc) is 2.59. The number of aliphatic hydroxyl groups is 1. The molecule has 7 heteroatoms. The van der Waals surface area contributed by atoms with E-state index >= 15 is 0 Å². The molecular formula is C16H26N4O3. The number of aromatic amines is 1. The van der Waals surface area contributed by atoms with Gasteiger partial charge >= 0.3 is 0 Å². The fourth-order valence-corrected chi connectivity index (χ4v) is 2.84. The van der Waals surface area contributed by atoms with Gasteiger partial charge in [-0.2, -0.15) is 5.10 Å². The van der Waals surface area contributed by atoms with Gasteiger partial charge in [-0.05, 0) is 24.8 Å². The molecule has 3 N–H and O–H groups in total. The van der Waals surface area contributed by atoms with Gasteiger partial charge in [-0.3, -0.25) is 9.59 Å². The summed E-state index contributed by atoms with van der Waals surface area (Å²) in [5.41, 5.74) is -0.219. The Kier molecular flexibility index (Phi) is 6.15. The Hall–Kier alpha value is -1.89. The Labute approximate surface area is 136 Å². The standard InChI is InChI=1S/C16H26N4O3/c1-3-11(2)13(10-21)17-16(23)12-6-8-20(9-7-12)14-4-5-15(22)19-18-14/h4-5,11-13,21H,3,6-10H2,1-2H3,(H,17,23)(H,19,22)/t11-,13+/m0/s1. The summed E-state index contributed by atoms with van der Waals surface area (Å²) in [5, 5.41) is 18.9. The molecule has 2 rings (SSSR count). The number of piperidine rings is 1. The number of nitrogens with zero attached hydrogens (tertiary/aromatic N) is 2. The topological polar surface area (TPSA) is 98.3 Å². The first-order valence-corrected chi connectivity index (χ1v) is 8.27. The maximum atomic E-state index is 12.4.